The maximum absolute atomic E-state index is 11.5. The zero-order valence-corrected chi connectivity index (χ0v) is 10.5. The van der Waals surface area contributed by atoms with E-state index in [1.165, 1.54) is 0 Å². The van der Waals surface area contributed by atoms with Gasteiger partial charge in [-0.2, -0.15) is 0 Å². The van der Waals surface area contributed by atoms with Crippen molar-refractivity contribution < 1.29 is 9.59 Å². The Morgan fingerprint density at radius 2 is 1.88 bits per heavy atom. The Labute approximate surface area is 102 Å². The third-order valence-electron chi connectivity index (χ3n) is 2.98. The molecule has 1 heterocycles. The minimum atomic E-state index is -0.184. The summed E-state index contributed by atoms with van der Waals surface area (Å²) in [5.74, 6) is -0.520. The summed E-state index contributed by atoms with van der Waals surface area (Å²) in [6.45, 7) is 1.86. The number of carbonyl (C=O) groups excluding carboxylic acids is 2. The van der Waals surface area contributed by atoms with Crippen molar-refractivity contribution >= 4 is 27.7 Å². The Balaban J connectivity index is 2.28. The minimum Gasteiger partial charge on any atom is -0.296 e. The predicted octanol–water partition coefficient (Wildman–Crippen LogP) is 2.22. The summed E-state index contributed by atoms with van der Waals surface area (Å²) in [5, 5.41) is 2.35. The van der Waals surface area contributed by atoms with Crippen molar-refractivity contribution in [3.63, 3.8) is 0 Å². The van der Waals surface area contributed by atoms with Gasteiger partial charge < -0.3 is 0 Å². The first kappa shape index (κ1) is 11.3. The third-order valence-corrected chi connectivity index (χ3v) is 3.51. The molecule has 0 radical (unpaired) electrons. The van der Waals surface area contributed by atoms with Gasteiger partial charge in [0.1, 0.15) is 0 Å². The van der Waals surface area contributed by atoms with Gasteiger partial charge >= 0.3 is 0 Å². The molecule has 0 bridgehead atoms. The number of hydrogen-bond donors (Lipinski definition) is 1. The van der Waals surface area contributed by atoms with Gasteiger partial charge in [-0.05, 0) is 17.7 Å². The maximum atomic E-state index is 11.5. The minimum absolute atomic E-state index is 0.00523. The van der Waals surface area contributed by atoms with E-state index in [9.17, 15) is 9.59 Å². The summed E-state index contributed by atoms with van der Waals surface area (Å²) in [6, 6.07) is 7.77. The number of nitrogens with one attached hydrogen (secondary N) is 1. The first-order valence-corrected chi connectivity index (χ1v) is 5.96. The SMILES string of the molecule is CC1C(=O)NC(=O)CC1c1ccc(Br)cc1. The summed E-state index contributed by atoms with van der Waals surface area (Å²) in [7, 11) is 0. The topological polar surface area (TPSA) is 46.2 Å². The van der Waals surface area contributed by atoms with E-state index in [2.05, 4.69) is 21.2 Å². The van der Waals surface area contributed by atoms with Crippen LogP contribution in [0.4, 0.5) is 0 Å². The van der Waals surface area contributed by atoms with Gasteiger partial charge in [-0.1, -0.05) is 35.0 Å². The highest BCUT2D eigenvalue weighted by atomic mass is 79.9. The van der Waals surface area contributed by atoms with Crippen molar-refractivity contribution in [2.24, 2.45) is 5.92 Å². The average Bonchev–Trinajstić information content (AvgIpc) is 2.25. The number of halogens is 1. The van der Waals surface area contributed by atoms with Gasteiger partial charge in [0.2, 0.25) is 11.8 Å². The molecule has 2 unspecified atom stereocenters. The smallest absolute Gasteiger partial charge is 0.230 e. The van der Waals surface area contributed by atoms with Crippen LogP contribution in [0.5, 0.6) is 0 Å². The van der Waals surface area contributed by atoms with Gasteiger partial charge in [-0.15, -0.1) is 0 Å². The maximum Gasteiger partial charge on any atom is 0.230 e. The van der Waals surface area contributed by atoms with Crippen molar-refractivity contribution in [1.29, 1.82) is 0 Å². The van der Waals surface area contributed by atoms with Crippen LogP contribution in [0.3, 0.4) is 0 Å². The van der Waals surface area contributed by atoms with Gasteiger partial charge in [0.15, 0.2) is 0 Å². The molecule has 0 saturated carbocycles. The molecule has 84 valence electrons. The zero-order chi connectivity index (χ0) is 11.7. The van der Waals surface area contributed by atoms with E-state index in [-0.39, 0.29) is 23.7 Å². The first-order chi connectivity index (χ1) is 7.58. The second-order valence-corrected chi connectivity index (χ2v) is 4.98. The lowest BCUT2D eigenvalue weighted by Crippen LogP contribution is -2.43. The van der Waals surface area contributed by atoms with Gasteiger partial charge in [-0.3, -0.25) is 14.9 Å². The molecular formula is C12H12BrNO2. The van der Waals surface area contributed by atoms with Crippen molar-refractivity contribution in [1.82, 2.24) is 5.32 Å². The summed E-state index contributed by atoms with van der Waals surface area (Å²) >= 11 is 3.36. The van der Waals surface area contributed by atoms with E-state index in [4.69, 9.17) is 0 Å². The van der Waals surface area contributed by atoms with Gasteiger partial charge in [0.05, 0.1) is 0 Å². The molecule has 1 aliphatic rings. The fourth-order valence-corrected chi connectivity index (χ4v) is 2.24. The quantitative estimate of drug-likeness (QED) is 0.803. The van der Waals surface area contributed by atoms with Crippen molar-refractivity contribution in [2.45, 2.75) is 19.3 Å². The molecule has 3 nitrogen and oxygen atoms in total. The summed E-state index contributed by atoms with van der Waals surface area (Å²) < 4.78 is 0.996. The number of piperidine rings is 1. The highest BCUT2D eigenvalue weighted by Crippen LogP contribution is 2.31. The van der Waals surface area contributed by atoms with E-state index in [1.54, 1.807) is 0 Å². The van der Waals surface area contributed by atoms with Gasteiger partial charge in [-0.25, -0.2) is 0 Å². The van der Waals surface area contributed by atoms with Gasteiger partial charge in [0.25, 0.3) is 0 Å². The predicted molar refractivity (Wildman–Crippen MR) is 63.8 cm³/mol. The van der Waals surface area contributed by atoms with Crippen molar-refractivity contribution in [3.8, 4) is 0 Å². The summed E-state index contributed by atoms with van der Waals surface area (Å²) in [5.41, 5.74) is 1.04. The Morgan fingerprint density at radius 1 is 1.25 bits per heavy atom. The molecule has 0 spiro atoms. The molecule has 0 aliphatic carbocycles. The lowest BCUT2D eigenvalue weighted by Gasteiger charge is -2.27. The van der Waals surface area contributed by atoms with Crippen LogP contribution in [0, 0.1) is 5.92 Å². The molecule has 1 aromatic carbocycles. The molecule has 1 aromatic rings. The van der Waals surface area contributed by atoms with Crippen LogP contribution >= 0.6 is 15.9 Å². The Morgan fingerprint density at radius 3 is 2.50 bits per heavy atom. The van der Waals surface area contributed by atoms with Gasteiger partial charge in [0, 0.05) is 22.7 Å². The Kier molecular flexibility index (Phi) is 3.10. The number of carbonyl (C=O) groups is 2. The third kappa shape index (κ3) is 2.16. The van der Waals surface area contributed by atoms with Crippen LogP contribution in [-0.4, -0.2) is 11.8 Å². The monoisotopic (exact) mass is 281 g/mol. The second-order valence-electron chi connectivity index (χ2n) is 4.06. The second kappa shape index (κ2) is 4.37. The van der Waals surface area contributed by atoms with E-state index >= 15 is 0 Å². The number of hydrogen-bond acceptors (Lipinski definition) is 2. The molecule has 1 fully saturated rings. The number of rotatable bonds is 1. The van der Waals surface area contributed by atoms with Crippen LogP contribution in [0.1, 0.15) is 24.8 Å². The fraction of sp³-hybridized carbons (Fsp3) is 0.333. The molecule has 1 N–H and O–H groups in total. The summed E-state index contributed by atoms with van der Waals surface area (Å²) in [6.07, 6.45) is 0.383. The van der Waals surface area contributed by atoms with Crippen LogP contribution in [-0.2, 0) is 9.59 Å². The average molecular weight is 282 g/mol. The van der Waals surface area contributed by atoms with Crippen molar-refractivity contribution in [3.05, 3.63) is 34.3 Å². The van der Waals surface area contributed by atoms with E-state index in [0.29, 0.717) is 6.42 Å². The molecule has 1 saturated heterocycles. The largest absolute Gasteiger partial charge is 0.296 e. The Bertz CT molecular complexity index is 427. The molecule has 1 aliphatic heterocycles. The molecule has 2 rings (SSSR count). The molecule has 4 heteroatoms. The highest BCUT2D eigenvalue weighted by molar-refractivity contribution is 9.10. The molecule has 16 heavy (non-hydrogen) atoms. The van der Waals surface area contributed by atoms with Crippen molar-refractivity contribution in [2.75, 3.05) is 0 Å². The fourth-order valence-electron chi connectivity index (χ4n) is 1.98. The number of amides is 2. The molecule has 2 atom stereocenters. The first-order valence-electron chi connectivity index (χ1n) is 5.17. The summed E-state index contributed by atoms with van der Waals surface area (Å²) in [4.78, 5) is 22.8. The van der Waals surface area contributed by atoms with Crippen LogP contribution < -0.4 is 5.32 Å². The number of benzene rings is 1. The normalized spacial score (nSPS) is 25.4. The number of imide groups is 1. The molecule has 0 aromatic heterocycles. The van der Waals surface area contributed by atoms with Crippen LogP contribution in [0.15, 0.2) is 28.7 Å². The van der Waals surface area contributed by atoms with E-state index in [1.807, 2.05) is 31.2 Å². The molecule has 2 amide bonds. The lowest BCUT2D eigenvalue weighted by atomic mass is 9.81. The van der Waals surface area contributed by atoms with E-state index < -0.39 is 0 Å². The zero-order valence-electron chi connectivity index (χ0n) is 8.87. The van der Waals surface area contributed by atoms with Crippen LogP contribution in [0.2, 0.25) is 0 Å². The Hall–Kier alpha value is -1.16. The standard InChI is InChI=1S/C12H12BrNO2/c1-7-10(6-11(15)14-12(7)16)8-2-4-9(13)5-3-8/h2-5,7,10H,6H2,1H3,(H,14,15,16). The van der Waals surface area contributed by atoms with E-state index in [0.717, 1.165) is 10.0 Å². The highest BCUT2D eigenvalue weighted by Gasteiger charge is 2.33. The molecular weight excluding hydrogens is 270 g/mol. The van der Waals surface area contributed by atoms with Crippen LogP contribution in [0.25, 0.3) is 0 Å². The lowest BCUT2D eigenvalue weighted by molar-refractivity contribution is -0.136.